The fourth-order valence-electron chi connectivity index (χ4n) is 5.06. The monoisotopic (exact) mass is 422 g/mol. The van der Waals surface area contributed by atoms with Gasteiger partial charge in [0.2, 0.25) is 5.91 Å². The SMILES string of the molecule is Cc1cc(C(=O)N2CCC(C(=O)N3CCCC(C)C3)CC2)c(C)n1Cc1ccccn1. The molecule has 0 aromatic carbocycles. The molecule has 2 saturated heterocycles. The Balaban J connectivity index is 1.39. The Morgan fingerprint density at radius 3 is 2.52 bits per heavy atom. The molecular weight excluding hydrogens is 388 g/mol. The number of nitrogens with zero attached hydrogens (tertiary/aromatic N) is 4. The fourth-order valence-corrected chi connectivity index (χ4v) is 5.06. The molecule has 1 unspecified atom stereocenters. The van der Waals surface area contributed by atoms with Crippen molar-refractivity contribution in [3.05, 3.63) is 53.1 Å². The van der Waals surface area contributed by atoms with Gasteiger partial charge in [-0.2, -0.15) is 0 Å². The third-order valence-electron chi connectivity index (χ3n) is 6.95. The minimum absolute atomic E-state index is 0.0611. The van der Waals surface area contributed by atoms with E-state index in [0.717, 1.165) is 55.0 Å². The first-order valence-electron chi connectivity index (χ1n) is 11.6. The number of aryl methyl sites for hydroxylation is 1. The summed E-state index contributed by atoms with van der Waals surface area (Å²) in [6, 6.07) is 7.89. The van der Waals surface area contributed by atoms with Gasteiger partial charge in [0.1, 0.15) is 0 Å². The first kappa shape index (κ1) is 21.6. The van der Waals surface area contributed by atoms with Gasteiger partial charge in [-0.15, -0.1) is 0 Å². The quantitative estimate of drug-likeness (QED) is 0.756. The molecule has 2 aliphatic rings. The molecule has 0 spiro atoms. The van der Waals surface area contributed by atoms with E-state index in [1.807, 2.05) is 43.0 Å². The van der Waals surface area contributed by atoms with Crippen molar-refractivity contribution in [2.45, 2.75) is 53.0 Å². The van der Waals surface area contributed by atoms with Crippen LogP contribution in [0.5, 0.6) is 0 Å². The Bertz CT molecular complexity index is 928. The number of amides is 2. The highest BCUT2D eigenvalue weighted by molar-refractivity contribution is 5.96. The molecule has 2 amide bonds. The number of carbonyl (C=O) groups is 2. The van der Waals surface area contributed by atoms with Gasteiger partial charge < -0.3 is 14.4 Å². The lowest BCUT2D eigenvalue weighted by Gasteiger charge is -2.37. The van der Waals surface area contributed by atoms with Crippen molar-refractivity contribution >= 4 is 11.8 Å². The highest BCUT2D eigenvalue weighted by atomic mass is 16.2. The van der Waals surface area contributed by atoms with Crippen LogP contribution < -0.4 is 0 Å². The van der Waals surface area contributed by atoms with Crippen molar-refractivity contribution in [2.24, 2.45) is 11.8 Å². The average molecular weight is 423 g/mol. The summed E-state index contributed by atoms with van der Waals surface area (Å²) in [5, 5.41) is 0. The second-order valence-electron chi connectivity index (χ2n) is 9.29. The van der Waals surface area contributed by atoms with Gasteiger partial charge in [0, 0.05) is 49.7 Å². The van der Waals surface area contributed by atoms with Crippen LogP contribution in [-0.2, 0) is 11.3 Å². The number of hydrogen-bond donors (Lipinski definition) is 0. The molecule has 0 aliphatic carbocycles. The van der Waals surface area contributed by atoms with Crippen molar-refractivity contribution in [3.8, 4) is 0 Å². The molecule has 2 aliphatic heterocycles. The van der Waals surface area contributed by atoms with Gasteiger partial charge in [-0.25, -0.2) is 0 Å². The summed E-state index contributed by atoms with van der Waals surface area (Å²) in [5.74, 6) is 1.04. The first-order valence-corrected chi connectivity index (χ1v) is 11.6. The molecule has 4 heterocycles. The highest BCUT2D eigenvalue weighted by Gasteiger charge is 2.32. The minimum atomic E-state index is 0.0611. The summed E-state index contributed by atoms with van der Waals surface area (Å²) in [6.07, 6.45) is 5.66. The van der Waals surface area contributed by atoms with Crippen LogP contribution in [0.1, 0.15) is 60.0 Å². The molecule has 0 N–H and O–H groups in total. The van der Waals surface area contributed by atoms with Crippen LogP contribution in [0.25, 0.3) is 0 Å². The molecule has 2 aromatic rings. The molecule has 6 heteroatoms. The van der Waals surface area contributed by atoms with Crippen molar-refractivity contribution < 1.29 is 9.59 Å². The fraction of sp³-hybridized carbons (Fsp3) is 0.560. The largest absolute Gasteiger partial charge is 0.342 e. The second-order valence-corrected chi connectivity index (χ2v) is 9.29. The van der Waals surface area contributed by atoms with Crippen LogP contribution in [0, 0.1) is 25.7 Å². The molecule has 0 saturated carbocycles. The van der Waals surface area contributed by atoms with Gasteiger partial charge in [-0.1, -0.05) is 13.0 Å². The van der Waals surface area contributed by atoms with Crippen molar-refractivity contribution in [2.75, 3.05) is 26.2 Å². The van der Waals surface area contributed by atoms with E-state index in [2.05, 4.69) is 21.4 Å². The number of likely N-dealkylation sites (tertiary alicyclic amines) is 2. The zero-order chi connectivity index (χ0) is 22.0. The zero-order valence-electron chi connectivity index (χ0n) is 19.0. The summed E-state index contributed by atoms with van der Waals surface area (Å²) in [6.45, 7) is 10.0. The van der Waals surface area contributed by atoms with Crippen LogP contribution in [0.15, 0.2) is 30.5 Å². The summed E-state index contributed by atoms with van der Waals surface area (Å²) < 4.78 is 2.16. The Morgan fingerprint density at radius 2 is 1.84 bits per heavy atom. The summed E-state index contributed by atoms with van der Waals surface area (Å²) >= 11 is 0. The average Bonchev–Trinajstić information content (AvgIpc) is 3.07. The van der Waals surface area contributed by atoms with Gasteiger partial charge in [-0.3, -0.25) is 14.6 Å². The third kappa shape index (κ3) is 4.68. The molecule has 0 bridgehead atoms. The van der Waals surface area contributed by atoms with Crippen LogP contribution in [0.4, 0.5) is 0 Å². The van der Waals surface area contributed by atoms with E-state index in [4.69, 9.17) is 0 Å². The van der Waals surface area contributed by atoms with Crippen molar-refractivity contribution in [1.82, 2.24) is 19.4 Å². The van der Waals surface area contributed by atoms with Gasteiger partial charge in [0.25, 0.3) is 5.91 Å². The van der Waals surface area contributed by atoms with Gasteiger partial charge in [-0.05, 0) is 63.6 Å². The first-order chi connectivity index (χ1) is 14.9. The van der Waals surface area contributed by atoms with E-state index in [-0.39, 0.29) is 11.8 Å². The van der Waals surface area contributed by atoms with Gasteiger partial charge in [0.15, 0.2) is 0 Å². The normalized spacial score (nSPS) is 20.2. The summed E-state index contributed by atoms with van der Waals surface area (Å²) in [7, 11) is 0. The molecule has 6 nitrogen and oxygen atoms in total. The van der Waals surface area contributed by atoms with E-state index < -0.39 is 0 Å². The summed E-state index contributed by atoms with van der Waals surface area (Å²) in [4.78, 5) is 34.6. The number of hydrogen-bond acceptors (Lipinski definition) is 3. The van der Waals surface area contributed by atoms with E-state index in [9.17, 15) is 9.59 Å². The Labute approximate surface area is 185 Å². The predicted molar refractivity (Wildman–Crippen MR) is 121 cm³/mol. The standard InChI is InChI=1S/C25H34N4O2/c1-18-7-6-12-28(16-18)24(30)21-9-13-27(14-10-21)25(31)23-15-19(2)29(20(23)3)17-22-8-4-5-11-26-22/h4-5,8,11,15,18,21H,6-7,9-10,12-14,16-17H2,1-3H3. The lowest BCUT2D eigenvalue weighted by atomic mass is 9.92. The number of aromatic nitrogens is 2. The molecule has 2 fully saturated rings. The minimum Gasteiger partial charge on any atom is -0.342 e. The molecule has 0 radical (unpaired) electrons. The third-order valence-corrected chi connectivity index (χ3v) is 6.95. The van der Waals surface area contributed by atoms with Crippen LogP contribution in [-0.4, -0.2) is 57.3 Å². The number of pyridine rings is 1. The van der Waals surface area contributed by atoms with Gasteiger partial charge in [0.05, 0.1) is 17.8 Å². The topological polar surface area (TPSA) is 58.4 Å². The molecule has 1 atom stereocenters. The lowest BCUT2D eigenvalue weighted by molar-refractivity contribution is -0.138. The Hall–Kier alpha value is -2.63. The predicted octanol–water partition coefficient (Wildman–Crippen LogP) is 3.66. The molecule has 4 rings (SSSR count). The van der Waals surface area contributed by atoms with E-state index in [0.29, 0.717) is 31.5 Å². The van der Waals surface area contributed by atoms with E-state index in [1.54, 1.807) is 6.20 Å². The number of rotatable bonds is 4. The lowest BCUT2D eigenvalue weighted by Crippen LogP contribution is -2.47. The zero-order valence-corrected chi connectivity index (χ0v) is 19.0. The van der Waals surface area contributed by atoms with Crippen LogP contribution in [0.2, 0.25) is 0 Å². The maximum atomic E-state index is 13.3. The smallest absolute Gasteiger partial charge is 0.255 e. The Kier molecular flexibility index (Phi) is 6.44. The van der Waals surface area contributed by atoms with Crippen LogP contribution >= 0.6 is 0 Å². The number of carbonyl (C=O) groups excluding carboxylic acids is 2. The molecule has 166 valence electrons. The summed E-state index contributed by atoms with van der Waals surface area (Å²) in [5.41, 5.74) is 3.79. The molecular formula is C25H34N4O2. The maximum Gasteiger partial charge on any atom is 0.255 e. The van der Waals surface area contributed by atoms with Gasteiger partial charge >= 0.3 is 0 Å². The van der Waals surface area contributed by atoms with E-state index >= 15 is 0 Å². The number of piperidine rings is 2. The molecule has 31 heavy (non-hydrogen) atoms. The van der Waals surface area contributed by atoms with Crippen molar-refractivity contribution in [3.63, 3.8) is 0 Å². The molecule has 2 aromatic heterocycles. The highest BCUT2D eigenvalue weighted by Crippen LogP contribution is 2.26. The van der Waals surface area contributed by atoms with Crippen molar-refractivity contribution in [1.29, 1.82) is 0 Å². The van der Waals surface area contributed by atoms with E-state index in [1.165, 1.54) is 6.42 Å². The van der Waals surface area contributed by atoms with Crippen LogP contribution in [0.3, 0.4) is 0 Å². The second kappa shape index (κ2) is 9.25. The Morgan fingerprint density at radius 1 is 1.06 bits per heavy atom. The maximum absolute atomic E-state index is 13.3.